The summed E-state index contributed by atoms with van der Waals surface area (Å²) in [7, 11) is 0. The Morgan fingerprint density at radius 2 is 1.95 bits per heavy atom. The van der Waals surface area contributed by atoms with E-state index < -0.39 is 0 Å². The van der Waals surface area contributed by atoms with E-state index in [1.165, 1.54) is 11.6 Å². The monoisotopic (exact) mass is 272 g/mol. The van der Waals surface area contributed by atoms with Crippen LogP contribution in [0.1, 0.15) is 43.1 Å². The van der Waals surface area contributed by atoms with E-state index in [0.29, 0.717) is 6.54 Å². The van der Waals surface area contributed by atoms with E-state index in [1.807, 2.05) is 18.2 Å². The van der Waals surface area contributed by atoms with Crippen LogP contribution in [0.15, 0.2) is 42.6 Å². The fourth-order valence-electron chi connectivity index (χ4n) is 2.40. The smallest absolute Gasteiger partial charge is 0.127 e. The third kappa shape index (κ3) is 3.42. The Hall–Kier alpha value is -1.74. The lowest BCUT2D eigenvalue weighted by molar-refractivity contribution is 0.483. The molecule has 2 aromatic rings. The highest BCUT2D eigenvalue weighted by atomic mass is 19.1. The van der Waals surface area contributed by atoms with Crippen molar-refractivity contribution in [3.05, 3.63) is 65.2 Å². The maximum absolute atomic E-state index is 13.8. The molecule has 2 nitrogen and oxygen atoms in total. The fourth-order valence-corrected chi connectivity index (χ4v) is 2.40. The first-order valence-corrected chi connectivity index (χ1v) is 7.16. The zero-order valence-electron chi connectivity index (χ0n) is 12.1. The van der Waals surface area contributed by atoms with Crippen LogP contribution in [0.4, 0.5) is 4.39 Å². The van der Waals surface area contributed by atoms with Crippen LogP contribution in [0.2, 0.25) is 0 Å². The second-order valence-corrected chi connectivity index (χ2v) is 4.83. The van der Waals surface area contributed by atoms with Crippen molar-refractivity contribution in [2.45, 2.75) is 39.3 Å². The minimum absolute atomic E-state index is 0.0166. The van der Waals surface area contributed by atoms with Crippen molar-refractivity contribution in [2.75, 3.05) is 0 Å². The van der Waals surface area contributed by atoms with Gasteiger partial charge in [0.15, 0.2) is 0 Å². The van der Waals surface area contributed by atoms with Crippen molar-refractivity contribution in [3.8, 4) is 0 Å². The average molecular weight is 272 g/mol. The molecule has 1 aromatic carbocycles. The van der Waals surface area contributed by atoms with Crippen molar-refractivity contribution in [3.63, 3.8) is 0 Å². The molecule has 0 saturated heterocycles. The number of nitrogens with one attached hydrogen (secondary N) is 1. The van der Waals surface area contributed by atoms with Gasteiger partial charge in [0.05, 0.1) is 5.69 Å². The van der Waals surface area contributed by atoms with Gasteiger partial charge < -0.3 is 5.32 Å². The average Bonchev–Trinajstić information content (AvgIpc) is 2.50. The van der Waals surface area contributed by atoms with Gasteiger partial charge in [-0.15, -0.1) is 0 Å². The number of hydrogen-bond donors (Lipinski definition) is 1. The van der Waals surface area contributed by atoms with Gasteiger partial charge in [-0.2, -0.15) is 0 Å². The first-order chi connectivity index (χ1) is 9.76. The number of pyridine rings is 1. The molecule has 1 heterocycles. The maximum Gasteiger partial charge on any atom is 0.127 e. The van der Waals surface area contributed by atoms with E-state index in [1.54, 1.807) is 12.3 Å². The number of rotatable bonds is 6. The molecule has 0 radical (unpaired) electrons. The molecule has 0 aliphatic rings. The number of aromatic nitrogens is 1. The summed E-state index contributed by atoms with van der Waals surface area (Å²) in [5, 5.41) is 3.42. The van der Waals surface area contributed by atoms with Crippen molar-refractivity contribution < 1.29 is 4.39 Å². The number of aryl methyl sites for hydroxylation is 1. The summed E-state index contributed by atoms with van der Waals surface area (Å²) >= 11 is 0. The first-order valence-electron chi connectivity index (χ1n) is 7.16. The highest BCUT2D eigenvalue weighted by Gasteiger charge is 2.13. The molecular formula is C17H21FN2. The normalized spacial score (nSPS) is 12.3. The van der Waals surface area contributed by atoms with E-state index in [4.69, 9.17) is 0 Å². The second-order valence-electron chi connectivity index (χ2n) is 4.83. The molecule has 3 heteroatoms. The summed E-state index contributed by atoms with van der Waals surface area (Å²) in [6.45, 7) is 4.84. The predicted octanol–water partition coefficient (Wildman–Crippen LogP) is 4.02. The molecule has 0 saturated carbocycles. The second kappa shape index (κ2) is 7.15. The van der Waals surface area contributed by atoms with Crippen LogP contribution >= 0.6 is 0 Å². The molecule has 0 aliphatic carbocycles. The Morgan fingerprint density at radius 3 is 2.65 bits per heavy atom. The van der Waals surface area contributed by atoms with Gasteiger partial charge in [-0.05, 0) is 30.5 Å². The Bertz CT molecular complexity index is 554. The van der Waals surface area contributed by atoms with E-state index in [0.717, 1.165) is 24.1 Å². The molecule has 20 heavy (non-hydrogen) atoms. The molecular weight excluding hydrogens is 251 g/mol. The number of nitrogens with zero attached hydrogens (tertiary/aromatic N) is 1. The lowest BCUT2D eigenvalue weighted by atomic mass is 10.0. The zero-order chi connectivity index (χ0) is 14.4. The van der Waals surface area contributed by atoms with Crippen molar-refractivity contribution >= 4 is 0 Å². The predicted molar refractivity (Wildman–Crippen MR) is 79.9 cm³/mol. The summed E-state index contributed by atoms with van der Waals surface area (Å²) in [6.07, 6.45) is 3.61. The number of hydrogen-bond acceptors (Lipinski definition) is 2. The third-order valence-electron chi connectivity index (χ3n) is 3.57. The zero-order valence-corrected chi connectivity index (χ0v) is 12.1. The minimum Gasteiger partial charge on any atom is -0.304 e. The van der Waals surface area contributed by atoms with Gasteiger partial charge in [0.25, 0.3) is 0 Å². The van der Waals surface area contributed by atoms with E-state index >= 15 is 0 Å². The molecule has 0 aliphatic heterocycles. The number of halogens is 1. The fraction of sp³-hybridized carbons (Fsp3) is 0.353. The highest BCUT2D eigenvalue weighted by molar-refractivity contribution is 5.23. The van der Waals surface area contributed by atoms with Gasteiger partial charge >= 0.3 is 0 Å². The lowest BCUT2D eigenvalue weighted by Gasteiger charge is -2.18. The SMILES string of the molecule is CCc1cccnc1CNC(CC)c1ccccc1F. The van der Waals surface area contributed by atoms with Crippen molar-refractivity contribution in [2.24, 2.45) is 0 Å². The lowest BCUT2D eigenvalue weighted by Crippen LogP contribution is -2.22. The largest absolute Gasteiger partial charge is 0.304 e. The molecule has 106 valence electrons. The Kier molecular flexibility index (Phi) is 5.24. The molecule has 0 spiro atoms. The van der Waals surface area contributed by atoms with Crippen LogP contribution in [0.5, 0.6) is 0 Å². The van der Waals surface area contributed by atoms with Crippen LogP contribution < -0.4 is 5.32 Å². The minimum atomic E-state index is -0.149. The summed E-state index contributed by atoms with van der Waals surface area (Å²) in [4.78, 5) is 4.42. The first kappa shape index (κ1) is 14.7. The maximum atomic E-state index is 13.8. The van der Waals surface area contributed by atoms with Gasteiger partial charge in [-0.25, -0.2) is 4.39 Å². The molecule has 1 aromatic heterocycles. The van der Waals surface area contributed by atoms with Crippen LogP contribution in [-0.2, 0) is 13.0 Å². The van der Waals surface area contributed by atoms with Crippen molar-refractivity contribution in [1.82, 2.24) is 10.3 Å². The Balaban J connectivity index is 2.10. The van der Waals surface area contributed by atoms with Gasteiger partial charge in [0, 0.05) is 24.3 Å². The van der Waals surface area contributed by atoms with Crippen LogP contribution in [0.25, 0.3) is 0 Å². The van der Waals surface area contributed by atoms with Gasteiger partial charge in [0.2, 0.25) is 0 Å². The van der Waals surface area contributed by atoms with Crippen LogP contribution in [0.3, 0.4) is 0 Å². The Labute approximate surface area is 120 Å². The molecule has 1 unspecified atom stereocenters. The third-order valence-corrected chi connectivity index (χ3v) is 3.57. The topological polar surface area (TPSA) is 24.9 Å². The molecule has 1 N–H and O–H groups in total. The van der Waals surface area contributed by atoms with Crippen LogP contribution in [-0.4, -0.2) is 4.98 Å². The van der Waals surface area contributed by atoms with Crippen LogP contribution in [0, 0.1) is 5.82 Å². The van der Waals surface area contributed by atoms with Crippen molar-refractivity contribution in [1.29, 1.82) is 0 Å². The highest BCUT2D eigenvalue weighted by Crippen LogP contribution is 2.20. The standard InChI is InChI=1S/C17H21FN2/c1-3-13-8-7-11-19-17(13)12-20-16(4-2)14-9-5-6-10-15(14)18/h5-11,16,20H,3-4,12H2,1-2H3. The molecule has 0 bridgehead atoms. The van der Waals surface area contributed by atoms with E-state index in [9.17, 15) is 4.39 Å². The van der Waals surface area contributed by atoms with Gasteiger partial charge in [0.1, 0.15) is 5.82 Å². The Morgan fingerprint density at radius 1 is 1.15 bits per heavy atom. The quantitative estimate of drug-likeness (QED) is 0.859. The molecule has 2 rings (SSSR count). The summed E-state index contributed by atoms with van der Waals surface area (Å²) in [6, 6.07) is 11.0. The molecule has 1 atom stereocenters. The van der Waals surface area contributed by atoms with Gasteiger partial charge in [-0.1, -0.05) is 38.1 Å². The van der Waals surface area contributed by atoms with E-state index in [-0.39, 0.29) is 11.9 Å². The number of benzene rings is 1. The molecule has 0 amide bonds. The van der Waals surface area contributed by atoms with Gasteiger partial charge in [-0.3, -0.25) is 4.98 Å². The summed E-state index contributed by atoms with van der Waals surface area (Å²) in [5.74, 6) is -0.149. The van der Waals surface area contributed by atoms with E-state index in [2.05, 4.69) is 30.2 Å². The summed E-state index contributed by atoms with van der Waals surface area (Å²) < 4.78 is 13.8. The summed E-state index contributed by atoms with van der Waals surface area (Å²) in [5.41, 5.74) is 3.01. The molecule has 0 fully saturated rings.